The lowest BCUT2D eigenvalue weighted by atomic mass is 10.2. The van der Waals surface area contributed by atoms with Crippen molar-refractivity contribution in [2.24, 2.45) is 0 Å². The lowest BCUT2D eigenvalue weighted by Gasteiger charge is -2.07. The largest absolute Gasteiger partial charge is 0.454 e. The number of rotatable bonds is 5. The van der Waals surface area contributed by atoms with E-state index in [1.165, 1.54) is 18.2 Å². The van der Waals surface area contributed by atoms with Crippen LogP contribution in [0.15, 0.2) is 42.5 Å². The maximum Gasteiger partial charge on any atom is 0.251 e. The van der Waals surface area contributed by atoms with Gasteiger partial charge in [0.1, 0.15) is 5.82 Å². The van der Waals surface area contributed by atoms with Gasteiger partial charge in [0, 0.05) is 30.3 Å². The molecule has 0 saturated carbocycles. The van der Waals surface area contributed by atoms with E-state index in [4.69, 9.17) is 9.47 Å². The summed E-state index contributed by atoms with van der Waals surface area (Å²) in [5.74, 6) is 0.0459. The number of benzene rings is 2. The fraction of sp³-hybridized carbons (Fsp3) is 0.176. The Hall–Kier alpha value is -3.09. The SMILES string of the molecule is O=C(CCNC(=O)c1cccc(F)c1)Nc1ccc2c(c1)OCO2. The van der Waals surface area contributed by atoms with E-state index < -0.39 is 11.7 Å². The van der Waals surface area contributed by atoms with Gasteiger partial charge in [-0.1, -0.05) is 6.07 Å². The van der Waals surface area contributed by atoms with Gasteiger partial charge in [-0.3, -0.25) is 9.59 Å². The van der Waals surface area contributed by atoms with Crippen molar-refractivity contribution in [1.29, 1.82) is 0 Å². The van der Waals surface area contributed by atoms with Crippen LogP contribution in [-0.4, -0.2) is 25.2 Å². The Bertz CT molecular complexity index is 779. The first kappa shape index (κ1) is 15.8. The molecule has 24 heavy (non-hydrogen) atoms. The third kappa shape index (κ3) is 3.81. The number of hydrogen-bond acceptors (Lipinski definition) is 4. The molecular formula is C17H15FN2O4. The summed E-state index contributed by atoms with van der Waals surface area (Å²) in [6.07, 6.45) is 0.0928. The van der Waals surface area contributed by atoms with Crippen molar-refractivity contribution in [3.8, 4) is 11.5 Å². The third-order valence-electron chi connectivity index (χ3n) is 3.38. The van der Waals surface area contributed by atoms with Gasteiger partial charge in [-0.05, 0) is 30.3 Å². The second kappa shape index (κ2) is 6.99. The number of anilines is 1. The Morgan fingerprint density at radius 1 is 1.08 bits per heavy atom. The van der Waals surface area contributed by atoms with Crippen molar-refractivity contribution in [3.63, 3.8) is 0 Å². The summed E-state index contributed by atoms with van der Waals surface area (Å²) in [6, 6.07) is 10.4. The van der Waals surface area contributed by atoms with Gasteiger partial charge in [0.15, 0.2) is 11.5 Å². The molecule has 3 rings (SSSR count). The quantitative estimate of drug-likeness (QED) is 0.882. The predicted molar refractivity (Wildman–Crippen MR) is 84.5 cm³/mol. The van der Waals surface area contributed by atoms with Crippen LogP contribution in [0.25, 0.3) is 0 Å². The summed E-state index contributed by atoms with van der Waals surface area (Å²) < 4.78 is 23.5. The van der Waals surface area contributed by atoms with Crippen LogP contribution < -0.4 is 20.1 Å². The number of halogens is 1. The van der Waals surface area contributed by atoms with Gasteiger partial charge in [0.05, 0.1) is 0 Å². The summed E-state index contributed by atoms with van der Waals surface area (Å²) >= 11 is 0. The van der Waals surface area contributed by atoms with Crippen molar-refractivity contribution in [1.82, 2.24) is 5.32 Å². The predicted octanol–water partition coefficient (Wildman–Crippen LogP) is 2.31. The molecule has 2 aromatic rings. The van der Waals surface area contributed by atoms with Crippen LogP contribution in [0.3, 0.4) is 0 Å². The van der Waals surface area contributed by atoms with E-state index in [0.29, 0.717) is 17.2 Å². The Labute approximate surface area is 137 Å². The number of fused-ring (bicyclic) bond motifs is 1. The fourth-order valence-electron chi connectivity index (χ4n) is 2.22. The summed E-state index contributed by atoms with van der Waals surface area (Å²) in [6.45, 7) is 0.310. The van der Waals surface area contributed by atoms with Gasteiger partial charge in [-0.15, -0.1) is 0 Å². The number of carbonyl (C=O) groups excluding carboxylic acids is 2. The topological polar surface area (TPSA) is 76.7 Å². The molecule has 7 heteroatoms. The highest BCUT2D eigenvalue weighted by atomic mass is 19.1. The van der Waals surface area contributed by atoms with Gasteiger partial charge in [-0.2, -0.15) is 0 Å². The molecule has 0 bridgehead atoms. The van der Waals surface area contributed by atoms with Gasteiger partial charge >= 0.3 is 0 Å². The number of hydrogen-bond donors (Lipinski definition) is 2. The molecule has 0 saturated heterocycles. The van der Waals surface area contributed by atoms with Gasteiger partial charge < -0.3 is 20.1 Å². The minimum Gasteiger partial charge on any atom is -0.454 e. The fourth-order valence-corrected chi connectivity index (χ4v) is 2.22. The first-order valence-electron chi connectivity index (χ1n) is 7.35. The second-order valence-electron chi connectivity index (χ2n) is 5.13. The zero-order chi connectivity index (χ0) is 16.9. The van der Waals surface area contributed by atoms with Crippen molar-refractivity contribution < 1.29 is 23.5 Å². The number of nitrogens with one attached hydrogen (secondary N) is 2. The lowest BCUT2D eigenvalue weighted by molar-refractivity contribution is -0.116. The highest BCUT2D eigenvalue weighted by molar-refractivity contribution is 5.95. The molecule has 124 valence electrons. The van der Waals surface area contributed by atoms with E-state index in [-0.39, 0.29) is 31.2 Å². The monoisotopic (exact) mass is 330 g/mol. The van der Waals surface area contributed by atoms with Crippen LogP contribution in [0, 0.1) is 5.82 Å². The highest BCUT2D eigenvalue weighted by Gasteiger charge is 2.14. The molecule has 2 amide bonds. The van der Waals surface area contributed by atoms with E-state index >= 15 is 0 Å². The molecular weight excluding hydrogens is 315 g/mol. The molecule has 1 aliphatic rings. The summed E-state index contributed by atoms with van der Waals surface area (Å²) in [5.41, 5.74) is 0.798. The van der Waals surface area contributed by atoms with Crippen LogP contribution in [0.4, 0.5) is 10.1 Å². The Morgan fingerprint density at radius 3 is 2.75 bits per heavy atom. The molecule has 2 aromatic carbocycles. The van der Waals surface area contributed by atoms with E-state index in [1.807, 2.05) is 0 Å². The van der Waals surface area contributed by atoms with E-state index in [2.05, 4.69) is 10.6 Å². The van der Waals surface area contributed by atoms with E-state index in [1.54, 1.807) is 18.2 Å². The summed E-state index contributed by atoms with van der Waals surface area (Å²) in [5, 5.41) is 5.28. The molecule has 2 N–H and O–H groups in total. The molecule has 0 spiro atoms. The maximum absolute atomic E-state index is 13.1. The number of amides is 2. The van der Waals surface area contributed by atoms with Crippen LogP contribution in [0.1, 0.15) is 16.8 Å². The van der Waals surface area contributed by atoms with Crippen molar-refractivity contribution in [2.45, 2.75) is 6.42 Å². The molecule has 6 nitrogen and oxygen atoms in total. The lowest BCUT2D eigenvalue weighted by Crippen LogP contribution is -2.27. The van der Waals surface area contributed by atoms with Gasteiger partial charge in [0.25, 0.3) is 5.91 Å². The maximum atomic E-state index is 13.1. The molecule has 1 aliphatic heterocycles. The molecule has 0 aromatic heterocycles. The molecule has 0 fully saturated rings. The van der Waals surface area contributed by atoms with Crippen LogP contribution >= 0.6 is 0 Å². The highest BCUT2D eigenvalue weighted by Crippen LogP contribution is 2.34. The van der Waals surface area contributed by atoms with E-state index in [9.17, 15) is 14.0 Å². The normalized spacial score (nSPS) is 11.9. The van der Waals surface area contributed by atoms with E-state index in [0.717, 1.165) is 6.07 Å². The minimum absolute atomic E-state index is 0.0928. The van der Waals surface area contributed by atoms with Crippen LogP contribution in [-0.2, 0) is 4.79 Å². The minimum atomic E-state index is -0.483. The molecule has 0 unspecified atom stereocenters. The van der Waals surface area contributed by atoms with Crippen molar-refractivity contribution >= 4 is 17.5 Å². The summed E-state index contributed by atoms with van der Waals surface area (Å²) in [7, 11) is 0. The molecule has 0 radical (unpaired) electrons. The van der Waals surface area contributed by atoms with Crippen molar-refractivity contribution in [2.75, 3.05) is 18.7 Å². The zero-order valence-electron chi connectivity index (χ0n) is 12.7. The Morgan fingerprint density at radius 2 is 1.92 bits per heavy atom. The van der Waals surface area contributed by atoms with Crippen molar-refractivity contribution in [3.05, 3.63) is 53.8 Å². The molecule has 0 aliphatic carbocycles. The average molecular weight is 330 g/mol. The Kier molecular flexibility index (Phi) is 4.60. The Balaban J connectivity index is 1.46. The third-order valence-corrected chi connectivity index (χ3v) is 3.38. The zero-order valence-corrected chi connectivity index (χ0v) is 12.7. The van der Waals surface area contributed by atoms with Crippen LogP contribution in [0.2, 0.25) is 0 Å². The first-order chi connectivity index (χ1) is 11.6. The number of carbonyl (C=O) groups is 2. The second-order valence-corrected chi connectivity index (χ2v) is 5.13. The number of ether oxygens (including phenoxy) is 2. The first-order valence-corrected chi connectivity index (χ1v) is 7.35. The standard InChI is InChI=1S/C17H15FN2O4/c18-12-3-1-2-11(8-12)17(22)19-7-6-16(21)20-13-4-5-14-15(9-13)24-10-23-14/h1-5,8-9H,6-7,10H2,(H,19,22)(H,20,21). The van der Waals surface area contributed by atoms with Gasteiger partial charge in [-0.25, -0.2) is 4.39 Å². The smallest absolute Gasteiger partial charge is 0.251 e. The molecule has 1 heterocycles. The molecule has 0 atom stereocenters. The summed E-state index contributed by atoms with van der Waals surface area (Å²) in [4.78, 5) is 23.7. The van der Waals surface area contributed by atoms with Gasteiger partial charge in [0.2, 0.25) is 12.7 Å². The average Bonchev–Trinajstić information content (AvgIpc) is 3.02. The van der Waals surface area contributed by atoms with Crippen LogP contribution in [0.5, 0.6) is 11.5 Å².